The first-order valence-corrected chi connectivity index (χ1v) is 12.7. The number of piperazine rings is 1. The Morgan fingerprint density at radius 1 is 0.914 bits per heavy atom. The summed E-state index contributed by atoms with van der Waals surface area (Å²) >= 11 is 6.40. The van der Waals surface area contributed by atoms with Crippen molar-refractivity contribution in [2.24, 2.45) is 4.99 Å². The molecule has 0 saturated carbocycles. The van der Waals surface area contributed by atoms with E-state index in [0.717, 1.165) is 66.9 Å². The zero-order valence-electron chi connectivity index (χ0n) is 20.1. The Morgan fingerprint density at radius 2 is 1.60 bits per heavy atom. The Kier molecular flexibility index (Phi) is 7.16. The van der Waals surface area contributed by atoms with Gasteiger partial charge in [-0.1, -0.05) is 72.3 Å². The van der Waals surface area contributed by atoms with Gasteiger partial charge in [0.25, 0.3) is 0 Å². The molecule has 0 aliphatic carbocycles. The third-order valence-corrected chi connectivity index (χ3v) is 7.22. The largest absolute Gasteiger partial charge is 0.348 e. The van der Waals surface area contributed by atoms with Crippen molar-refractivity contribution < 1.29 is 4.79 Å². The van der Waals surface area contributed by atoms with Gasteiger partial charge in [-0.2, -0.15) is 0 Å². The van der Waals surface area contributed by atoms with Crippen molar-refractivity contribution in [3.8, 4) is 0 Å². The predicted octanol–water partition coefficient (Wildman–Crippen LogP) is 5.18. The number of amides is 1. The molecule has 0 bridgehead atoms. The zero-order valence-corrected chi connectivity index (χ0v) is 20.9. The molecule has 2 aliphatic rings. The Balaban J connectivity index is 1.24. The van der Waals surface area contributed by atoms with Gasteiger partial charge in [0, 0.05) is 49.9 Å². The molecule has 1 atom stereocenters. The molecule has 1 saturated heterocycles. The Hall–Kier alpha value is -3.15. The standard InChI is InChI=1S/C29H31ClN4O/c1-22-31-27-13-12-25(30)21-26(27)29(24-10-6-3-7-11-24)34(22)19-16-32-14-17-33(18-15-32)28(35)20-23-8-4-2-5-9-23/h2-13,21,29H,14-20H2,1H3. The minimum Gasteiger partial charge on any atom is -0.348 e. The van der Waals surface area contributed by atoms with E-state index in [-0.39, 0.29) is 11.9 Å². The number of halogens is 1. The Morgan fingerprint density at radius 3 is 2.31 bits per heavy atom. The highest BCUT2D eigenvalue weighted by Gasteiger charge is 2.30. The third kappa shape index (κ3) is 5.42. The second-order valence-electron chi connectivity index (χ2n) is 9.25. The lowest BCUT2D eigenvalue weighted by Gasteiger charge is -2.40. The summed E-state index contributed by atoms with van der Waals surface area (Å²) in [7, 11) is 0. The van der Waals surface area contributed by atoms with Gasteiger partial charge in [-0.15, -0.1) is 0 Å². The van der Waals surface area contributed by atoms with E-state index in [9.17, 15) is 4.79 Å². The molecule has 5 nitrogen and oxygen atoms in total. The molecule has 180 valence electrons. The lowest BCUT2D eigenvalue weighted by Crippen LogP contribution is -2.51. The second kappa shape index (κ2) is 10.6. The fourth-order valence-corrected chi connectivity index (χ4v) is 5.26. The van der Waals surface area contributed by atoms with Crippen molar-refractivity contribution >= 4 is 29.0 Å². The second-order valence-corrected chi connectivity index (χ2v) is 9.69. The summed E-state index contributed by atoms with van der Waals surface area (Å²) < 4.78 is 0. The summed E-state index contributed by atoms with van der Waals surface area (Å²) in [5, 5.41) is 0.732. The van der Waals surface area contributed by atoms with Crippen LogP contribution < -0.4 is 0 Å². The first-order valence-electron chi connectivity index (χ1n) is 12.3. The van der Waals surface area contributed by atoms with E-state index in [2.05, 4.69) is 53.1 Å². The van der Waals surface area contributed by atoms with E-state index in [4.69, 9.17) is 16.6 Å². The monoisotopic (exact) mass is 486 g/mol. The quantitative estimate of drug-likeness (QED) is 0.482. The van der Waals surface area contributed by atoms with Gasteiger partial charge in [-0.25, -0.2) is 4.99 Å². The highest BCUT2D eigenvalue weighted by atomic mass is 35.5. The number of rotatable bonds is 6. The molecule has 6 heteroatoms. The summed E-state index contributed by atoms with van der Waals surface area (Å²) in [5.41, 5.74) is 4.45. The predicted molar refractivity (Wildman–Crippen MR) is 142 cm³/mol. The molecule has 3 aromatic carbocycles. The number of carbonyl (C=O) groups excluding carboxylic acids is 1. The molecule has 1 fully saturated rings. The maximum Gasteiger partial charge on any atom is 0.227 e. The zero-order chi connectivity index (χ0) is 24.2. The van der Waals surface area contributed by atoms with Gasteiger partial charge in [-0.05, 0) is 36.2 Å². The highest BCUT2D eigenvalue weighted by molar-refractivity contribution is 6.30. The molecule has 2 aliphatic heterocycles. The molecule has 0 radical (unpaired) electrons. The normalized spacial score (nSPS) is 18.2. The number of hydrogen-bond donors (Lipinski definition) is 0. The van der Waals surface area contributed by atoms with E-state index in [1.807, 2.05) is 47.4 Å². The van der Waals surface area contributed by atoms with Gasteiger partial charge in [0.15, 0.2) is 0 Å². The van der Waals surface area contributed by atoms with Gasteiger partial charge >= 0.3 is 0 Å². The van der Waals surface area contributed by atoms with Crippen LogP contribution in [-0.2, 0) is 11.2 Å². The fraction of sp³-hybridized carbons (Fsp3) is 0.310. The number of nitrogens with zero attached hydrogens (tertiary/aromatic N) is 4. The van der Waals surface area contributed by atoms with Crippen LogP contribution in [0.5, 0.6) is 0 Å². The number of fused-ring (bicyclic) bond motifs is 1. The van der Waals surface area contributed by atoms with Crippen LogP contribution >= 0.6 is 11.6 Å². The maximum absolute atomic E-state index is 12.7. The van der Waals surface area contributed by atoms with Crippen LogP contribution in [0.2, 0.25) is 5.02 Å². The van der Waals surface area contributed by atoms with E-state index < -0.39 is 0 Å². The van der Waals surface area contributed by atoms with Crippen LogP contribution in [0.15, 0.2) is 83.9 Å². The van der Waals surface area contributed by atoms with Gasteiger partial charge in [-0.3, -0.25) is 9.69 Å². The first-order chi connectivity index (χ1) is 17.1. The van der Waals surface area contributed by atoms with Gasteiger partial charge < -0.3 is 9.80 Å². The van der Waals surface area contributed by atoms with Crippen molar-refractivity contribution in [3.05, 3.63) is 101 Å². The molecule has 1 unspecified atom stereocenters. The van der Waals surface area contributed by atoms with Crippen LogP contribution in [0.4, 0.5) is 5.69 Å². The molecular formula is C29H31ClN4O. The van der Waals surface area contributed by atoms with Crippen molar-refractivity contribution in [1.82, 2.24) is 14.7 Å². The number of benzene rings is 3. The summed E-state index contributed by atoms with van der Waals surface area (Å²) in [6, 6.07) is 26.6. The lowest BCUT2D eigenvalue weighted by atomic mass is 9.94. The van der Waals surface area contributed by atoms with Crippen molar-refractivity contribution in [2.45, 2.75) is 19.4 Å². The fourth-order valence-electron chi connectivity index (χ4n) is 5.08. The van der Waals surface area contributed by atoms with E-state index in [1.165, 1.54) is 5.56 Å². The number of aliphatic imine (C=N–C) groups is 1. The number of carbonyl (C=O) groups is 1. The van der Waals surface area contributed by atoms with Crippen molar-refractivity contribution in [3.63, 3.8) is 0 Å². The molecule has 0 N–H and O–H groups in total. The van der Waals surface area contributed by atoms with Crippen LogP contribution in [-0.4, -0.2) is 65.7 Å². The van der Waals surface area contributed by atoms with Crippen LogP contribution in [0, 0.1) is 0 Å². The number of amidine groups is 1. The Labute approximate surface area is 212 Å². The average molecular weight is 487 g/mol. The average Bonchev–Trinajstić information content (AvgIpc) is 2.89. The summed E-state index contributed by atoms with van der Waals surface area (Å²) in [5.74, 6) is 1.23. The molecule has 1 amide bonds. The smallest absolute Gasteiger partial charge is 0.227 e. The molecule has 3 aromatic rings. The summed E-state index contributed by atoms with van der Waals surface area (Å²) in [6.45, 7) is 7.21. The van der Waals surface area contributed by atoms with Crippen LogP contribution in [0.25, 0.3) is 0 Å². The van der Waals surface area contributed by atoms with E-state index in [0.29, 0.717) is 6.42 Å². The van der Waals surface area contributed by atoms with Gasteiger partial charge in [0.2, 0.25) is 5.91 Å². The van der Waals surface area contributed by atoms with Gasteiger partial charge in [0.1, 0.15) is 5.84 Å². The lowest BCUT2D eigenvalue weighted by molar-refractivity contribution is -0.132. The minimum absolute atomic E-state index is 0.0798. The topological polar surface area (TPSA) is 39.1 Å². The number of hydrogen-bond acceptors (Lipinski definition) is 4. The molecule has 5 rings (SSSR count). The molecule has 35 heavy (non-hydrogen) atoms. The SMILES string of the molecule is CC1=Nc2ccc(Cl)cc2C(c2ccccc2)N1CCN1CCN(C(=O)Cc2ccccc2)CC1. The molecular weight excluding hydrogens is 456 g/mol. The summed E-state index contributed by atoms with van der Waals surface area (Å²) in [4.78, 5) is 24.5. The van der Waals surface area contributed by atoms with Crippen LogP contribution in [0.3, 0.4) is 0 Å². The van der Waals surface area contributed by atoms with Crippen molar-refractivity contribution in [1.29, 1.82) is 0 Å². The summed E-state index contributed by atoms with van der Waals surface area (Å²) in [6.07, 6.45) is 0.477. The van der Waals surface area contributed by atoms with Gasteiger partial charge in [0.05, 0.1) is 18.2 Å². The minimum atomic E-state index is 0.0798. The highest BCUT2D eigenvalue weighted by Crippen LogP contribution is 2.40. The third-order valence-electron chi connectivity index (χ3n) is 6.99. The van der Waals surface area contributed by atoms with E-state index in [1.54, 1.807) is 0 Å². The van der Waals surface area contributed by atoms with E-state index >= 15 is 0 Å². The molecule has 0 aromatic heterocycles. The molecule has 0 spiro atoms. The maximum atomic E-state index is 12.7. The first kappa shape index (κ1) is 23.6. The van der Waals surface area contributed by atoms with Crippen molar-refractivity contribution in [2.75, 3.05) is 39.3 Å². The Bertz CT molecular complexity index is 1190. The van der Waals surface area contributed by atoms with Crippen LogP contribution in [0.1, 0.15) is 29.7 Å². The molecule has 2 heterocycles.